The van der Waals surface area contributed by atoms with E-state index in [0.717, 1.165) is 0 Å². The number of hydrogen-bond donors (Lipinski definition) is 0. The molecule has 0 atom stereocenters. The summed E-state index contributed by atoms with van der Waals surface area (Å²) in [4.78, 5) is 3.86. The largest absolute Gasteiger partial charge is 0.573 e. The monoisotopic (exact) mass is 239 g/mol. The molecular formula is C12H8F3NO. The Morgan fingerprint density at radius 3 is 2.41 bits per heavy atom. The third-order valence-corrected chi connectivity index (χ3v) is 2.09. The maximum absolute atomic E-state index is 12.2. The van der Waals surface area contributed by atoms with Crippen molar-refractivity contribution in [1.29, 1.82) is 0 Å². The molecule has 0 N–H and O–H groups in total. The Morgan fingerprint density at radius 1 is 1.00 bits per heavy atom. The van der Waals surface area contributed by atoms with Gasteiger partial charge >= 0.3 is 6.36 Å². The molecule has 17 heavy (non-hydrogen) atoms. The van der Waals surface area contributed by atoms with Crippen LogP contribution in [0, 0.1) is 0 Å². The van der Waals surface area contributed by atoms with Crippen LogP contribution in [0.3, 0.4) is 0 Å². The average molecular weight is 239 g/mol. The van der Waals surface area contributed by atoms with Crippen molar-refractivity contribution in [1.82, 2.24) is 4.98 Å². The highest BCUT2D eigenvalue weighted by Crippen LogP contribution is 2.32. The van der Waals surface area contributed by atoms with Gasteiger partial charge in [-0.25, -0.2) is 0 Å². The van der Waals surface area contributed by atoms with E-state index in [9.17, 15) is 13.2 Å². The fourth-order valence-electron chi connectivity index (χ4n) is 1.44. The van der Waals surface area contributed by atoms with Crippen LogP contribution in [0.25, 0.3) is 11.1 Å². The summed E-state index contributed by atoms with van der Waals surface area (Å²) in [7, 11) is 0. The maximum Gasteiger partial charge on any atom is 0.573 e. The van der Waals surface area contributed by atoms with Gasteiger partial charge in [-0.15, -0.1) is 13.2 Å². The number of pyridine rings is 1. The minimum absolute atomic E-state index is 0.229. The molecule has 0 spiro atoms. The molecule has 0 aliphatic heterocycles. The number of nitrogens with zero attached hydrogens (tertiary/aromatic N) is 1. The highest BCUT2D eigenvalue weighted by molar-refractivity contribution is 5.69. The smallest absolute Gasteiger partial charge is 0.405 e. The third kappa shape index (κ3) is 2.96. The van der Waals surface area contributed by atoms with Gasteiger partial charge in [-0.1, -0.05) is 24.3 Å². The van der Waals surface area contributed by atoms with Crippen LogP contribution in [0.15, 0.2) is 48.8 Å². The minimum Gasteiger partial charge on any atom is -0.405 e. The molecule has 0 saturated heterocycles. The van der Waals surface area contributed by atoms with Crippen LogP contribution >= 0.6 is 0 Å². The predicted molar refractivity (Wildman–Crippen MR) is 56.4 cm³/mol. The molecule has 5 heteroatoms. The van der Waals surface area contributed by atoms with Crippen LogP contribution in [-0.4, -0.2) is 11.3 Å². The van der Waals surface area contributed by atoms with Gasteiger partial charge in [0.25, 0.3) is 0 Å². The van der Waals surface area contributed by atoms with E-state index in [-0.39, 0.29) is 5.75 Å². The Morgan fingerprint density at radius 2 is 1.76 bits per heavy atom. The molecule has 2 rings (SSSR count). The van der Waals surface area contributed by atoms with Gasteiger partial charge in [0, 0.05) is 23.5 Å². The molecule has 0 saturated carbocycles. The van der Waals surface area contributed by atoms with Gasteiger partial charge in [0.1, 0.15) is 5.75 Å². The zero-order valence-corrected chi connectivity index (χ0v) is 8.61. The number of benzene rings is 1. The lowest BCUT2D eigenvalue weighted by atomic mass is 10.1. The lowest BCUT2D eigenvalue weighted by molar-refractivity contribution is -0.274. The summed E-state index contributed by atoms with van der Waals surface area (Å²) in [6, 6.07) is 9.28. The van der Waals surface area contributed by atoms with Crippen LogP contribution in [0.5, 0.6) is 5.75 Å². The van der Waals surface area contributed by atoms with Crippen LogP contribution < -0.4 is 4.74 Å². The second kappa shape index (κ2) is 4.45. The van der Waals surface area contributed by atoms with Crippen molar-refractivity contribution in [2.24, 2.45) is 0 Å². The lowest BCUT2D eigenvalue weighted by Gasteiger charge is -2.12. The van der Waals surface area contributed by atoms with E-state index in [1.165, 1.54) is 18.3 Å². The molecule has 0 bridgehead atoms. The maximum atomic E-state index is 12.2. The molecule has 1 aromatic carbocycles. The molecule has 1 heterocycles. The summed E-state index contributed by atoms with van der Waals surface area (Å²) in [6.07, 6.45) is -1.66. The first kappa shape index (κ1) is 11.4. The summed E-state index contributed by atoms with van der Waals surface area (Å²) in [5.41, 5.74) is 0.935. The summed E-state index contributed by atoms with van der Waals surface area (Å²) in [5.74, 6) is -0.229. The Bertz CT molecular complexity index is 497. The molecule has 0 aliphatic rings. The number of rotatable bonds is 2. The van der Waals surface area contributed by atoms with Gasteiger partial charge in [0.05, 0.1) is 0 Å². The minimum atomic E-state index is -4.70. The molecule has 1 aromatic heterocycles. The van der Waals surface area contributed by atoms with Crippen molar-refractivity contribution in [3.05, 3.63) is 48.8 Å². The fourth-order valence-corrected chi connectivity index (χ4v) is 1.44. The summed E-state index contributed by atoms with van der Waals surface area (Å²) < 4.78 is 40.6. The van der Waals surface area contributed by atoms with Gasteiger partial charge < -0.3 is 4.74 Å². The highest BCUT2D eigenvalue weighted by Gasteiger charge is 2.32. The Hall–Kier alpha value is -2.04. The van der Waals surface area contributed by atoms with Crippen LogP contribution in [-0.2, 0) is 0 Å². The van der Waals surface area contributed by atoms with Gasteiger partial charge in [-0.3, -0.25) is 4.98 Å². The second-order valence-electron chi connectivity index (χ2n) is 3.29. The molecular weight excluding hydrogens is 231 g/mol. The van der Waals surface area contributed by atoms with E-state index in [1.807, 2.05) is 0 Å². The zero-order chi connectivity index (χ0) is 12.3. The van der Waals surface area contributed by atoms with Crippen LogP contribution in [0.2, 0.25) is 0 Å². The van der Waals surface area contributed by atoms with Gasteiger partial charge in [0.2, 0.25) is 0 Å². The Kier molecular flexibility index (Phi) is 2.99. The number of hydrogen-bond acceptors (Lipinski definition) is 2. The van der Waals surface area contributed by atoms with Gasteiger partial charge in [-0.2, -0.15) is 0 Å². The van der Waals surface area contributed by atoms with Gasteiger partial charge in [-0.05, 0) is 12.1 Å². The van der Waals surface area contributed by atoms with Crippen molar-refractivity contribution in [3.63, 3.8) is 0 Å². The first-order valence-electron chi connectivity index (χ1n) is 4.81. The van der Waals surface area contributed by atoms with Crippen molar-refractivity contribution in [2.45, 2.75) is 6.36 Å². The fraction of sp³-hybridized carbons (Fsp3) is 0.0833. The second-order valence-corrected chi connectivity index (χ2v) is 3.29. The number of ether oxygens (including phenoxy) is 1. The van der Waals surface area contributed by atoms with E-state index in [2.05, 4.69) is 9.72 Å². The molecule has 0 aliphatic carbocycles. The standard InChI is InChI=1S/C12H8F3NO/c13-12(14,15)17-11-6-2-1-5-10(11)9-4-3-7-16-8-9/h1-8H. The zero-order valence-electron chi connectivity index (χ0n) is 8.61. The van der Waals surface area contributed by atoms with E-state index >= 15 is 0 Å². The van der Waals surface area contributed by atoms with E-state index in [0.29, 0.717) is 11.1 Å². The number of halogens is 3. The van der Waals surface area contributed by atoms with E-state index < -0.39 is 6.36 Å². The predicted octanol–water partition coefficient (Wildman–Crippen LogP) is 3.65. The third-order valence-electron chi connectivity index (χ3n) is 2.09. The molecule has 0 amide bonds. The van der Waals surface area contributed by atoms with E-state index in [1.54, 1.807) is 30.5 Å². The van der Waals surface area contributed by atoms with E-state index in [4.69, 9.17) is 0 Å². The van der Waals surface area contributed by atoms with Crippen LogP contribution in [0.4, 0.5) is 13.2 Å². The van der Waals surface area contributed by atoms with Crippen molar-refractivity contribution in [3.8, 4) is 16.9 Å². The molecule has 2 nitrogen and oxygen atoms in total. The number of alkyl halides is 3. The molecule has 0 fully saturated rings. The molecule has 2 aromatic rings. The van der Waals surface area contributed by atoms with Crippen molar-refractivity contribution in [2.75, 3.05) is 0 Å². The molecule has 88 valence electrons. The highest BCUT2D eigenvalue weighted by atomic mass is 19.4. The first-order valence-corrected chi connectivity index (χ1v) is 4.81. The van der Waals surface area contributed by atoms with Crippen molar-refractivity contribution >= 4 is 0 Å². The normalized spacial score (nSPS) is 11.2. The summed E-state index contributed by atoms with van der Waals surface area (Å²) in [6.45, 7) is 0. The molecule has 0 unspecified atom stereocenters. The topological polar surface area (TPSA) is 22.1 Å². The quantitative estimate of drug-likeness (QED) is 0.798. The Labute approximate surface area is 95.7 Å². The van der Waals surface area contributed by atoms with Gasteiger partial charge in [0.15, 0.2) is 0 Å². The lowest BCUT2D eigenvalue weighted by Crippen LogP contribution is -2.17. The number of para-hydroxylation sites is 1. The van der Waals surface area contributed by atoms with Crippen molar-refractivity contribution < 1.29 is 17.9 Å². The summed E-state index contributed by atoms with van der Waals surface area (Å²) >= 11 is 0. The number of aromatic nitrogens is 1. The molecule has 0 radical (unpaired) electrons. The Balaban J connectivity index is 2.41. The summed E-state index contributed by atoms with van der Waals surface area (Å²) in [5, 5.41) is 0. The average Bonchev–Trinajstić information content (AvgIpc) is 2.29. The van der Waals surface area contributed by atoms with Crippen LogP contribution in [0.1, 0.15) is 0 Å². The first-order chi connectivity index (χ1) is 8.06. The SMILES string of the molecule is FC(F)(F)Oc1ccccc1-c1cccnc1.